The van der Waals surface area contributed by atoms with E-state index in [0.717, 1.165) is 0 Å². The van der Waals surface area contributed by atoms with Gasteiger partial charge in [0.1, 0.15) is 5.71 Å². The Labute approximate surface area is 173 Å². The van der Waals surface area contributed by atoms with Crippen LogP contribution in [0.1, 0.15) is 26.7 Å². The second-order valence-corrected chi connectivity index (χ2v) is 8.29. The lowest BCUT2D eigenvalue weighted by molar-refractivity contribution is -0.140. The number of sulfonamides is 1. The number of carbonyl (C=O) groups is 3. The Morgan fingerprint density at radius 1 is 1.28 bits per heavy atom. The third kappa shape index (κ3) is 5.75. The third-order valence-electron chi connectivity index (χ3n) is 4.03. The first-order chi connectivity index (χ1) is 13.7. The van der Waals surface area contributed by atoms with Crippen molar-refractivity contribution in [3.8, 4) is 0 Å². The second-order valence-electron chi connectivity index (χ2n) is 5.95. The standard InChI is InChI=1S/C17H21ClN4O6S/c1-3-22(4-2)29(26,27)11-5-6-12(18)14(9-11)19-16(24)10-28-17(25)13-7-8-15(23)21-20-13/h5-6,9H,3-4,7-8,10H2,1-2H3,(H,19,24)(H,21,23). The number of benzene rings is 1. The largest absolute Gasteiger partial charge is 0.451 e. The lowest BCUT2D eigenvalue weighted by Gasteiger charge is -2.19. The Balaban J connectivity index is 2.05. The van der Waals surface area contributed by atoms with Gasteiger partial charge in [-0.25, -0.2) is 18.6 Å². The summed E-state index contributed by atoms with van der Waals surface area (Å²) >= 11 is 6.05. The van der Waals surface area contributed by atoms with Crippen LogP contribution < -0.4 is 10.7 Å². The Morgan fingerprint density at radius 2 is 1.97 bits per heavy atom. The number of halogens is 1. The van der Waals surface area contributed by atoms with Gasteiger partial charge in [-0.3, -0.25) is 9.59 Å². The fraction of sp³-hybridized carbons (Fsp3) is 0.412. The van der Waals surface area contributed by atoms with Crippen molar-refractivity contribution in [2.24, 2.45) is 5.10 Å². The molecule has 0 saturated heterocycles. The van der Waals surface area contributed by atoms with Crippen molar-refractivity contribution in [1.29, 1.82) is 0 Å². The summed E-state index contributed by atoms with van der Waals surface area (Å²) in [6.07, 6.45) is 0.215. The Kier molecular flexibility index (Phi) is 7.71. The summed E-state index contributed by atoms with van der Waals surface area (Å²) in [5.74, 6) is -1.85. The zero-order valence-corrected chi connectivity index (χ0v) is 17.5. The topological polar surface area (TPSA) is 134 Å². The van der Waals surface area contributed by atoms with Crippen molar-refractivity contribution < 1.29 is 27.5 Å². The minimum absolute atomic E-state index is 0.00254. The highest BCUT2D eigenvalue weighted by Crippen LogP contribution is 2.27. The van der Waals surface area contributed by atoms with Gasteiger partial charge in [0.05, 0.1) is 15.6 Å². The van der Waals surface area contributed by atoms with Crippen LogP contribution in [0.15, 0.2) is 28.2 Å². The highest BCUT2D eigenvalue weighted by atomic mass is 35.5. The van der Waals surface area contributed by atoms with E-state index < -0.39 is 28.5 Å². The third-order valence-corrected chi connectivity index (χ3v) is 6.40. The molecule has 158 valence electrons. The molecule has 12 heteroatoms. The molecule has 2 rings (SSSR count). The number of amides is 2. The molecule has 0 aliphatic carbocycles. The van der Waals surface area contributed by atoms with Gasteiger partial charge in [0.25, 0.3) is 5.91 Å². The van der Waals surface area contributed by atoms with Crippen LogP contribution in [0.4, 0.5) is 5.69 Å². The average Bonchev–Trinajstić information content (AvgIpc) is 2.69. The molecular formula is C17H21ClN4O6S. The van der Waals surface area contributed by atoms with Crippen LogP contribution in [-0.4, -0.2) is 55.9 Å². The molecular weight excluding hydrogens is 424 g/mol. The molecule has 1 aromatic carbocycles. The normalized spacial score (nSPS) is 14.2. The molecule has 29 heavy (non-hydrogen) atoms. The molecule has 0 bridgehead atoms. The molecule has 1 aromatic rings. The van der Waals surface area contributed by atoms with Crippen molar-refractivity contribution in [3.63, 3.8) is 0 Å². The fourth-order valence-electron chi connectivity index (χ4n) is 2.50. The minimum Gasteiger partial charge on any atom is -0.451 e. The van der Waals surface area contributed by atoms with E-state index in [1.54, 1.807) is 13.8 Å². The van der Waals surface area contributed by atoms with E-state index in [-0.39, 0.29) is 40.1 Å². The molecule has 10 nitrogen and oxygen atoms in total. The van der Waals surface area contributed by atoms with Crippen molar-refractivity contribution in [2.75, 3.05) is 25.0 Å². The number of hydrogen-bond acceptors (Lipinski definition) is 7. The molecule has 0 spiro atoms. The summed E-state index contributed by atoms with van der Waals surface area (Å²) in [4.78, 5) is 35.0. The Bertz CT molecular complexity index is 943. The van der Waals surface area contributed by atoms with Crippen molar-refractivity contribution in [3.05, 3.63) is 23.2 Å². The number of esters is 1. The molecule has 0 atom stereocenters. The number of hydrazone groups is 1. The molecule has 0 fully saturated rings. The molecule has 1 aliphatic rings. The smallest absolute Gasteiger partial charge is 0.355 e. The zero-order chi connectivity index (χ0) is 21.6. The fourth-order valence-corrected chi connectivity index (χ4v) is 4.14. The zero-order valence-electron chi connectivity index (χ0n) is 15.9. The number of carbonyl (C=O) groups excluding carboxylic acids is 3. The first-order valence-electron chi connectivity index (χ1n) is 8.81. The first-order valence-corrected chi connectivity index (χ1v) is 10.6. The van der Waals surface area contributed by atoms with Gasteiger partial charge in [-0.15, -0.1) is 0 Å². The van der Waals surface area contributed by atoms with Gasteiger partial charge >= 0.3 is 5.97 Å². The van der Waals surface area contributed by atoms with Gasteiger partial charge in [-0.05, 0) is 18.2 Å². The van der Waals surface area contributed by atoms with E-state index in [1.807, 2.05) is 0 Å². The molecule has 1 aliphatic heterocycles. The number of rotatable bonds is 8. The van der Waals surface area contributed by atoms with E-state index in [9.17, 15) is 22.8 Å². The monoisotopic (exact) mass is 444 g/mol. The summed E-state index contributed by atoms with van der Waals surface area (Å²) < 4.78 is 31.4. The van der Waals surface area contributed by atoms with Crippen LogP contribution in [-0.2, 0) is 29.1 Å². The van der Waals surface area contributed by atoms with Crippen LogP contribution in [0.5, 0.6) is 0 Å². The summed E-state index contributed by atoms with van der Waals surface area (Å²) in [6, 6.07) is 3.96. The summed E-state index contributed by atoms with van der Waals surface area (Å²) in [5.41, 5.74) is 2.23. The number of anilines is 1. The van der Waals surface area contributed by atoms with E-state index >= 15 is 0 Å². The van der Waals surface area contributed by atoms with Gasteiger partial charge in [0.15, 0.2) is 6.61 Å². The predicted molar refractivity (Wildman–Crippen MR) is 106 cm³/mol. The summed E-state index contributed by atoms with van der Waals surface area (Å²) in [7, 11) is -3.73. The SMILES string of the molecule is CCN(CC)S(=O)(=O)c1ccc(Cl)c(NC(=O)COC(=O)C2=NNC(=O)CC2)c1. The van der Waals surface area contributed by atoms with Crippen LogP contribution in [0.3, 0.4) is 0 Å². The van der Waals surface area contributed by atoms with Gasteiger partial charge in [0.2, 0.25) is 15.9 Å². The molecule has 0 unspecified atom stereocenters. The van der Waals surface area contributed by atoms with Gasteiger partial charge in [0, 0.05) is 25.9 Å². The van der Waals surface area contributed by atoms with E-state index in [2.05, 4.69) is 15.8 Å². The molecule has 0 saturated carbocycles. The van der Waals surface area contributed by atoms with Crippen molar-refractivity contribution in [2.45, 2.75) is 31.6 Å². The number of nitrogens with one attached hydrogen (secondary N) is 2. The number of ether oxygens (including phenoxy) is 1. The Morgan fingerprint density at radius 3 is 2.55 bits per heavy atom. The van der Waals surface area contributed by atoms with Crippen molar-refractivity contribution in [1.82, 2.24) is 9.73 Å². The molecule has 2 amide bonds. The maximum atomic E-state index is 12.6. The maximum Gasteiger partial charge on any atom is 0.355 e. The number of hydrogen-bond donors (Lipinski definition) is 2. The number of nitrogens with zero attached hydrogens (tertiary/aromatic N) is 2. The summed E-state index contributed by atoms with van der Waals surface area (Å²) in [5, 5.41) is 6.13. The predicted octanol–water partition coefficient (Wildman–Crippen LogP) is 1.12. The first kappa shape index (κ1) is 22.8. The average molecular weight is 445 g/mol. The van der Waals surface area contributed by atoms with Gasteiger partial charge in [-0.1, -0.05) is 25.4 Å². The lowest BCUT2D eigenvalue weighted by Crippen LogP contribution is -2.32. The molecule has 0 radical (unpaired) electrons. The van der Waals surface area contributed by atoms with Crippen LogP contribution in [0, 0.1) is 0 Å². The molecule has 2 N–H and O–H groups in total. The van der Waals surface area contributed by atoms with Crippen LogP contribution in [0.25, 0.3) is 0 Å². The highest BCUT2D eigenvalue weighted by Gasteiger charge is 2.23. The van der Waals surface area contributed by atoms with E-state index in [4.69, 9.17) is 16.3 Å². The highest BCUT2D eigenvalue weighted by molar-refractivity contribution is 7.89. The van der Waals surface area contributed by atoms with Crippen LogP contribution >= 0.6 is 11.6 Å². The molecule has 0 aromatic heterocycles. The minimum atomic E-state index is -3.73. The van der Waals surface area contributed by atoms with Crippen molar-refractivity contribution >= 4 is 50.8 Å². The maximum absolute atomic E-state index is 12.6. The van der Waals surface area contributed by atoms with Crippen LogP contribution in [0.2, 0.25) is 5.02 Å². The summed E-state index contributed by atoms with van der Waals surface area (Å²) in [6.45, 7) is 3.40. The Hall–Kier alpha value is -2.50. The van der Waals surface area contributed by atoms with Gasteiger partial charge in [-0.2, -0.15) is 9.41 Å². The lowest BCUT2D eigenvalue weighted by atomic mass is 10.2. The van der Waals surface area contributed by atoms with E-state index in [0.29, 0.717) is 13.1 Å². The molecule has 1 heterocycles. The quantitative estimate of drug-likeness (QED) is 0.577. The van der Waals surface area contributed by atoms with Gasteiger partial charge < -0.3 is 10.1 Å². The van der Waals surface area contributed by atoms with E-state index in [1.165, 1.54) is 22.5 Å². The second kappa shape index (κ2) is 9.81.